The van der Waals surface area contributed by atoms with Crippen molar-refractivity contribution in [1.29, 1.82) is 0 Å². The SMILES string of the molecule is Cc1ccccc1COc1c(C)cc(CN(C)C(=O)CCN)cc1C.Cl. The van der Waals surface area contributed by atoms with Gasteiger partial charge in [0.05, 0.1) is 0 Å². The number of benzene rings is 2. The minimum atomic E-state index is 0. The minimum Gasteiger partial charge on any atom is -0.488 e. The molecule has 0 aliphatic rings. The topological polar surface area (TPSA) is 55.6 Å². The second-order valence-corrected chi connectivity index (χ2v) is 6.56. The van der Waals surface area contributed by atoms with Crippen LogP contribution in [0, 0.1) is 20.8 Å². The highest BCUT2D eigenvalue weighted by molar-refractivity contribution is 5.85. The predicted octanol–water partition coefficient (Wildman–Crippen LogP) is 3.92. The lowest BCUT2D eigenvalue weighted by molar-refractivity contribution is -0.130. The second-order valence-electron chi connectivity index (χ2n) is 6.56. The Morgan fingerprint density at radius 2 is 1.69 bits per heavy atom. The standard InChI is InChI=1S/C21H28N2O2.ClH/c1-15-7-5-6-8-19(15)14-25-21-16(2)11-18(12-17(21)3)13-23(4)20(24)9-10-22;/h5-8,11-12H,9-10,13-14,22H2,1-4H3;1H. The average molecular weight is 377 g/mol. The molecule has 4 nitrogen and oxygen atoms in total. The van der Waals surface area contributed by atoms with Crippen LogP contribution in [0.1, 0.15) is 34.2 Å². The van der Waals surface area contributed by atoms with Gasteiger partial charge in [0, 0.05) is 26.6 Å². The molecule has 2 N–H and O–H groups in total. The van der Waals surface area contributed by atoms with Crippen molar-refractivity contribution in [2.24, 2.45) is 5.73 Å². The third kappa shape index (κ3) is 5.75. The van der Waals surface area contributed by atoms with Crippen molar-refractivity contribution in [3.05, 3.63) is 64.2 Å². The third-order valence-corrected chi connectivity index (χ3v) is 4.36. The van der Waals surface area contributed by atoms with Gasteiger partial charge in [-0.15, -0.1) is 12.4 Å². The van der Waals surface area contributed by atoms with Crippen LogP contribution in [0.4, 0.5) is 0 Å². The summed E-state index contributed by atoms with van der Waals surface area (Å²) in [6, 6.07) is 12.4. The highest BCUT2D eigenvalue weighted by atomic mass is 35.5. The normalized spacial score (nSPS) is 10.2. The monoisotopic (exact) mass is 376 g/mol. The Labute approximate surface area is 162 Å². The highest BCUT2D eigenvalue weighted by Crippen LogP contribution is 2.26. The Morgan fingerprint density at radius 3 is 2.27 bits per heavy atom. The van der Waals surface area contributed by atoms with E-state index in [1.807, 2.05) is 33.0 Å². The zero-order valence-corrected chi connectivity index (χ0v) is 16.9. The highest BCUT2D eigenvalue weighted by Gasteiger charge is 2.12. The first kappa shape index (κ1) is 22.0. The molecule has 0 aliphatic heterocycles. The lowest BCUT2D eigenvalue weighted by atomic mass is 10.0. The lowest BCUT2D eigenvalue weighted by Crippen LogP contribution is -2.28. The van der Waals surface area contributed by atoms with E-state index in [9.17, 15) is 4.79 Å². The molecule has 0 saturated heterocycles. The molecule has 0 aliphatic carbocycles. The van der Waals surface area contributed by atoms with Crippen LogP contribution in [-0.4, -0.2) is 24.4 Å². The fourth-order valence-electron chi connectivity index (χ4n) is 2.96. The summed E-state index contributed by atoms with van der Waals surface area (Å²) in [6.07, 6.45) is 0.381. The molecule has 0 spiro atoms. The molecule has 1 amide bonds. The van der Waals surface area contributed by atoms with Crippen molar-refractivity contribution in [2.75, 3.05) is 13.6 Å². The van der Waals surface area contributed by atoms with E-state index in [0.29, 0.717) is 26.1 Å². The molecule has 0 atom stereocenters. The predicted molar refractivity (Wildman–Crippen MR) is 109 cm³/mol. The number of hydrogen-bond acceptors (Lipinski definition) is 3. The van der Waals surface area contributed by atoms with Gasteiger partial charge < -0.3 is 15.4 Å². The van der Waals surface area contributed by atoms with Crippen LogP contribution in [0.5, 0.6) is 5.75 Å². The summed E-state index contributed by atoms with van der Waals surface area (Å²) in [4.78, 5) is 13.6. The molecule has 142 valence electrons. The Morgan fingerprint density at radius 1 is 1.08 bits per heavy atom. The van der Waals surface area contributed by atoms with E-state index >= 15 is 0 Å². The number of aryl methyl sites for hydroxylation is 3. The van der Waals surface area contributed by atoms with Gasteiger partial charge in [0.25, 0.3) is 0 Å². The number of amides is 1. The molecule has 26 heavy (non-hydrogen) atoms. The van der Waals surface area contributed by atoms with E-state index in [1.54, 1.807) is 4.90 Å². The van der Waals surface area contributed by atoms with Gasteiger partial charge >= 0.3 is 0 Å². The smallest absolute Gasteiger partial charge is 0.223 e. The zero-order valence-electron chi connectivity index (χ0n) is 16.0. The summed E-state index contributed by atoms with van der Waals surface area (Å²) in [5, 5.41) is 0. The Bertz CT molecular complexity index is 724. The van der Waals surface area contributed by atoms with Crippen LogP contribution >= 0.6 is 12.4 Å². The fraction of sp³-hybridized carbons (Fsp3) is 0.381. The largest absolute Gasteiger partial charge is 0.488 e. The molecule has 0 heterocycles. The first-order chi connectivity index (χ1) is 11.9. The summed E-state index contributed by atoms with van der Waals surface area (Å²) >= 11 is 0. The van der Waals surface area contributed by atoms with Crippen molar-refractivity contribution in [3.8, 4) is 5.75 Å². The van der Waals surface area contributed by atoms with Crippen LogP contribution < -0.4 is 10.5 Å². The number of halogens is 1. The van der Waals surface area contributed by atoms with Crippen LogP contribution in [0.25, 0.3) is 0 Å². The number of rotatable bonds is 7. The quantitative estimate of drug-likeness (QED) is 0.796. The van der Waals surface area contributed by atoms with E-state index in [1.165, 1.54) is 11.1 Å². The molecule has 0 bridgehead atoms. The molecule has 0 unspecified atom stereocenters. The van der Waals surface area contributed by atoms with Gasteiger partial charge in [-0.25, -0.2) is 0 Å². The van der Waals surface area contributed by atoms with Crippen molar-refractivity contribution < 1.29 is 9.53 Å². The van der Waals surface area contributed by atoms with Crippen molar-refractivity contribution >= 4 is 18.3 Å². The molecule has 0 saturated carbocycles. The summed E-state index contributed by atoms with van der Waals surface area (Å²) in [5.74, 6) is 0.987. The first-order valence-electron chi connectivity index (χ1n) is 8.63. The van der Waals surface area contributed by atoms with Gasteiger partial charge in [0.2, 0.25) is 5.91 Å². The van der Waals surface area contributed by atoms with Crippen LogP contribution in [0.15, 0.2) is 36.4 Å². The van der Waals surface area contributed by atoms with Crippen molar-refractivity contribution in [2.45, 2.75) is 40.3 Å². The average Bonchev–Trinajstić information content (AvgIpc) is 2.55. The molecule has 5 heteroatoms. The van der Waals surface area contributed by atoms with E-state index < -0.39 is 0 Å². The maximum absolute atomic E-state index is 11.9. The van der Waals surface area contributed by atoms with Gasteiger partial charge in [0.1, 0.15) is 12.4 Å². The molecule has 0 radical (unpaired) electrons. The Kier molecular flexibility index (Phi) is 8.62. The molecular formula is C21H29ClN2O2. The summed E-state index contributed by atoms with van der Waals surface area (Å²) in [5.41, 5.74) is 11.2. The molecule has 0 fully saturated rings. The van der Waals surface area contributed by atoms with Crippen LogP contribution in [0.2, 0.25) is 0 Å². The molecule has 2 aromatic carbocycles. The minimum absolute atomic E-state index is 0. The van der Waals surface area contributed by atoms with Gasteiger partial charge in [-0.2, -0.15) is 0 Å². The first-order valence-corrected chi connectivity index (χ1v) is 8.63. The summed E-state index contributed by atoms with van der Waals surface area (Å²) in [7, 11) is 1.81. The van der Waals surface area contributed by atoms with Gasteiger partial charge in [-0.05, 0) is 48.6 Å². The third-order valence-electron chi connectivity index (χ3n) is 4.36. The Hall–Kier alpha value is -2.04. The van der Waals surface area contributed by atoms with E-state index in [-0.39, 0.29) is 18.3 Å². The van der Waals surface area contributed by atoms with E-state index in [0.717, 1.165) is 22.4 Å². The molecule has 2 aromatic rings. The van der Waals surface area contributed by atoms with E-state index in [4.69, 9.17) is 10.5 Å². The van der Waals surface area contributed by atoms with Crippen molar-refractivity contribution in [1.82, 2.24) is 4.90 Å². The maximum atomic E-state index is 11.9. The van der Waals surface area contributed by atoms with Crippen LogP contribution in [-0.2, 0) is 17.9 Å². The number of ether oxygens (including phenoxy) is 1. The van der Waals surface area contributed by atoms with Gasteiger partial charge in [0.15, 0.2) is 0 Å². The second kappa shape index (κ2) is 10.2. The van der Waals surface area contributed by atoms with Gasteiger partial charge in [-0.3, -0.25) is 4.79 Å². The molecule has 2 rings (SSSR count). The van der Waals surface area contributed by atoms with E-state index in [2.05, 4.69) is 31.2 Å². The van der Waals surface area contributed by atoms with Crippen LogP contribution in [0.3, 0.4) is 0 Å². The number of carbonyl (C=O) groups excluding carboxylic acids is 1. The zero-order chi connectivity index (χ0) is 18.4. The Balaban J connectivity index is 0.00000338. The molecule has 0 aromatic heterocycles. The number of nitrogens with zero attached hydrogens (tertiary/aromatic N) is 1. The number of carbonyl (C=O) groups is 1. The summed E-state index contributed by atoms with van der Waals surface area (Å²) in [6.45, 7) is 7.71. The van der Waals surface area contributed by atoms with Gasteiger partial charge in [-0.1, -0.05) is 36.4 Å². The number of nitrogens with two attached hydrogens (primary N) is 1. The number of hydrogen-bond donors (Lipinski definition) is 1. The van der Waals surface area contributed by atoms with Crippen molar-refractivity contribution in [3.63, 3.8) is 0 Å². The molecular weight excluding hydrogens is 348 g/mol. The fourth-order valence-corrected chi connectivity index (χ4v) is 2.96. The maximum Gasteiger partial charge on any atom is 0.223 e. The summed E-state index contributed by atoms with van der Waals surface area (Å²) < 4.78 is 6.08. The lowest BCUT2D eigenvalue weighted by Gasteiger charge is -2.19.